The molecule has 0 bridgehead atoms. The van der Waals surface area contributed by atoms with Gasteiger partial charge in [-0.15, -0.1) is 0 Å². The topological polar surface area (TPSA) is 55.8 Å². The van der Waals surface area contributed by atoms with Crippen molar-refractivity contribution in [2.24, 2.45) is 0 Å². The van der Waals surface area contributed by atoms with Gasteiger partial charge in [0.15, 0.2) is 0 Å². The lowest BCUT2D eigenvalue weighted by Gasteiger charge is -2.08. The van der Waals surface area contributed by atoms with Crippen molar-refractivity contribution in [1.82, 2.24) is 0 Å². The minimum atomic E-state index is -0.264. The van der Waals surface area contributed by atoms with Crippen LogP contribution in [-0.2, 0) is 14.3 Å². The molecule has 0 fully saturated rings. The zero-order valence-electron chi connectivity index (χ0n) is 8.16. The third-order valence-corrected chi connectivity index (χ3v) is 0.769. The van der Waals surface area contributed by atoms with Crippen LogP contribution in [0.5, 0.6) is 0 Å². The van der Waals surface area contributed by atoms with Crippen LogP contribution in [0.1, 0.15) is 20.8 Å². The monoisotopic (exact) mass is 178 g/mol. The van der Waals surface area contributed by atoms with Crippen molar-refractivity contribution in [1.29, 1.82) is 0 Å². The summed E-state index contributed by atoms with van der Waals surface area (Å²) in [5, 5.41) is 7.57. The van der Waals surface area contributed by atoms with Gasteiger partial charge in [-0.1, -0.05) is 0 Å². The molecule has 1 atom stereocenters. The molecule has 74 valence electrons. The molecule has 0 aromatic heterocycles. The van der Waals surface area contributed by atoms with Crippen LogP contribution < -0.4 is 0 Å². The molecule has 0 aromatic rings. The summed E-state index contributed by atoms with van der Waals surface area (Å²) < 4.78 is 9.45. The van der Waals surface area contributed by atoms with Gasteiger partial charge in [0.1, 0.15) is 6.10 Å². The number of carbonyl (C=O) groups excluding carboxylic acids is 1. The first kappa shape index (κ1) is 13.9. The van der Waals surface area contributed by atoms with Gasteiger partial charge in [-0.25, -0.2) is 0 Å². The highest BCUT2D eigenvalue weighted by atomic mass is 16.6. The Labute approximate surface area is 73.5 Å². The molecule has 4 heteroatoms. The molecule has 1 unspecified atom stereocenters. The summed E-state index contributed by atoms with van der Waals surface area (Å²) in [5.74, 6) is -0.264. The van der Waals surface area contributed by atoms with Crippen molar-refractivity contribution in [3.63, 3.8) is 0 Å². The Kier molecular flexibility index (Phi) is 12.1. The average Bonchev–Trinajstić information content (AvgIpc) is 1.87. The lowest BCUT2D eigenvalue weighted by atomic mass is 10.4. The van der Waals surface area contributed by atoms with Crippen LogP contribution in [-0.4, -0.2) is 37.5 Å². The van der Waals surface area contributed by atoms with Crippen LogP contribution in [0.15, 0.2) is 0 Å². The van der Waals surface area contributed by atoms with E-state index in [1.807, 2.05) is 0 Å². The van der Waals surface area contributed by atoms with Crippen molar-refractivity contribution in [3.05, 3.63) is 0 Å². The molecule has 0 aliphatic heterocycles. The first-order valence-corrected chi connectivity index (χ1v) is 3.85. The van der Waals surface area contributed by atoms with E-state index in [2.05, 4.69) is 0 Å². The van der Waals surface area contributed by atoms with E-state index in [-0.39, 0.29) is 18.7 Å². The van der Waals surface area contributed by atoms with Gasteiger partial charge in [-0.3, -0.25) is 4.79 Å². The molecule has 0 aliphatic rings. The van der Waals surface area contributed by atoms with Crippen LogP contribution in [0.4, 0.5) is 0 Å². The fourth-order valence-corrected chi connectivity index (χ4v) is 0.552. The summed E-state index contributed by atoms with van der Waals surface area (Å²) >= 11 is 0. The molecule has 1 N–H and O–H groups in total. The Bertz CT molecular complexity index is 103. The summed E-state index contributed by atoms with van der Waals surface area (Å²) in [7, 11) is 1.57. The highest BCUT2D eigenvalue weighted by molar-refractivity contribution is 5.66. The van der Waals surface area contributed by atoms with Crippen molar-refractivity contribution < 1.29 is 19.4 Å². The number of ether oxygens (including phenoxy) is 2. The van der Waals surface area contributed by atoms with Gasteiger partial charge in [0.2, 0.25) is 0 Å². The molecule has 0 rings (SSSR count). The first-order chi connectivity index (χ1) is 5.58. The number of esters is 1. The molecule has 0 radical (unpaired) electrons. The van der Waals surface area contributed by atoms with Gasteiger partial charge < -0.3 is 14.6 Å². The number of aliphatic hydroxyl groups is 1. The van der Waals surface area contributed by atoms with Gasteiger partial charge in [-0.2, -0.15) is 0 Å². The highest BCUT2D eigenvalue weighted by Gasteiger charge is 2.02. The molecule has 0 spiro atoms. The van der Waals surface area contributed by atoms with E-state index >= 15 is 0 Å². The number of rotatable bonds is 3. The average molecular weight is 178 g/mol. The first-order valence-electron chi connectivity index (χ1n) is 3.85. The molecule has 4 nitrogen and oxygen atoms in total. The predicted molar refractivity (Wildman–Crippen MR) is 45.9 cm³/mol. The third-order valence-electron chi connectivity index (χ3n) is 0.769. The number of hydrogen-bond acceptors (Lipinski definition) is 4. The maximum absolute atomic E-state index is 10.3. The quantitative estimate of drug-likeness (QED) is 0.642. The van der Waals surface area contributed by atoms with Crippen LogP contribution in [0.2, 0.25) is 0 Å². The second-order valence-corrected chi connectivity index (χ2v) is 2.19. The number of hydrogen-bond donors (Lipinski definition) is 1. The largest absolute Gasteiger partial charge is 0.460 e. The van der Waals surface area contributed by atoms with Gasteiger partial charge in [0.25, 0.3) is 0 Å². The second-order valence-electron chi connectivity index (χ2n) is 2.19. The number of methoxy groups -OCH3 is 1. The minimum absolute atomic E-state index is 0.132. The fraction of sp³-hybridized carbons (Fsp3) is 0.875. The Morgan fingerprint density at radius 3 is 2.25 bits per heavy atom. The molecular formula is C8H18O4. The summed E-state index contributed by atoms with van der Waals surface area (Å²) in [6.07, 6.45) is -0.132. The Morgan fingerprint density at radius 1 is 1.58 bits per heavy atom. The molecule has 0 amide bonds. The smallest absolute Gasteiger partial charge is 0.302 e. The van der Waals surface area contributed by atoms with Gasteiger partial charge in [0.05, 0.1) is 6.61 Å². The van der Waals surface area contributed by atoms with Crippen LogP contribution in [0.25, 0.3) is 0 Å². The summed E-state index contributed by atoms with van der Waals surface area (Å²) in [6, 6.07) is 0. The lowest BCUT2D eigenvalue weighted by molar-refractivity contribution is -0.147. The molecule has 0 aromatic carbocycles. The second kappa shape index (κ2) is 10.4. The standard InChI is InChI=1S/C6H12O3.C2H6O/c1-5(4-8-3)9-6(2)7;1-2-3/h5H,4H2,1-3H3;3H,2H2,1H3. The molecule has 0 saturated heterocycles. The van der Waals surface area contributed by atoms with Gasteiger partial charge in [-0.05, 0) is 13.8 Å². The Hall–Kier alpha value is -0.610. The van der Waals surface area contributed by atoms with E-state index in [1.54, 1.807) is 21.0 Å². The van der Waals surface area contributed by atoms with E-state index in [4.69, 9.17) is 14.6 Å². The van der Waals surface area contributed by atoms with E-state index in [0.29, 0.717) is 6.61 Å². The van der Waals surface area contributed by atoms with E-state index in [0.717, 1.165) is 0 Å². The number of carbonyl (C=O) groups is 1. The normalized spacial score (nSPS) is 11.1. The van der Waals surface area contributed by atoms with Crippen molar-refractivity contribution in [2.45, 2.75) is 26.9 Å². The summed E-state index contributed by atoms with van der Waals surface area (Å²) in [4.78, 5) is 10.3. The van der Waals surface area contributed by atoms with E-state index in [9.17, 15) is 4.79 Å². The number of aliphatic hydroxyl groups excluding tert-OH is 1. The van der Waals surface area contributed by atoms with Crippen LogP contribution >= 0.6 is 0 Å². The molecule has 0 saturated carbocycles. The van der Waals surface area contributed by atoms with Crippen molar-refractivity contribution in [3.8, 4) is 0 Å². The summed E-state index contributed by atoms with van der Waals surface area (Å²) in [6.45, 7) is 5.55. The maximum atomic E-state index is 10.3. The third kappa shape index (κ3) is 16.2. The summed E-state index contributed by atoms with van der Waals surface area (Å²) in [5.41, 5.74) is 0. The zero-order chi connectivity index (χ0) is 9.98. The minimum Gasteiger partial charge on any atom is -0.460 e. The van der Waals surface area contributed by atoms with Crippen molar-refractivity contribution >= 4 is 5.97 Å². The molecule has 0 heterocycles. The van der Waals surface area contributed by atoms with E-state index < -0.39 is 0 Å². The predicted octanol–water partition coefficient (Wildman–Crippen LogP) is 0.583. The molecular weight excluding hydrogens is 160 g/mol. The van der Waals surface area contributed by atoms with Crippen LogP contribution in [0, 0.1) is 0 Å². The zero-order valence-corrected chi connectivity index (χ0v) is 8.16. The molecule has 0 aliphatic carbocycles. The Morgan fingerprint density at radius 2 is 2.00 bits per heavy atom. The Balaban J connectivity index is 0. The van der Waals surface area contributed by atoms with E-state index in [1.165, 1.54) is 6.92 Å². The SMILES string of the molecule is CCO.COCC(C)OC(C)=O. The van der Waals surface area contributed by atoms with Gasteiger partial charge >= 0.3 is 5.97 Å². The molecule has 12 heavy (non-hydrogen) atoms. The lowest BCUT2D eigenvalue weighted by Crippen LogP contribution is -2.17. The van der Waals surface area contributed by atoms with Crippen molar-refractivity contribution in [2.75, 3.05) is 20.3 Å². The fourth-order valence-electron chi connectivity index (χ4n) is 0.552. The van der Waals surface area contributed by atoms with Gasteiger partial charge in [0, 0.05) is 20.6 Å². The maximum Gasteiger partial charge on any atom is 0.302 e. The highest BCUT2D eigenvalue weighted by Crippen LogP contribution is 1.90. The van der Waals surface area contributed by atoms with Crippen LogP contribution in [0.3, 0.4) is 0 Å².